The Balaban J connectivity index is 2.08. The van der Waals surface area contributed by atoms with Gasteiger partial charge >= 0.3 is 0 Å². The number of nitrogens with zero attached hydrogens (tertiary/aromatic N) is 1. The van der Waals surface area contributed by atoms with Crippen molar-refractivity contribution in [3.63, 3.8) is 0 Å². The summed E-state index contributed by atoms with van der Waals surface area (Å²) in [5, 5.41) is 0. The zero-order chi connectivity index (χ0) is 13.0. The van der Waals surface area contributed by atoms with Crippen LogP contribution in [0, 0.1) is 5.92 Å². The Kier molecular flexibility index (Phi) is 4.79. The van der Waals surface area contributed by atoms with E-state index in [2.05, 4.69) is 49.1 Å². The molecule has 1 aromatic carbocycles. The van der Waals surface area contributed by atoms with Crippen LogP contribution >= 0.6 is 0 Å². The molecule has 3 unspecified atom stereocenters. The molecule has 0 spiro atoms. The van der Waals surface area contributed by atoms with Crippen LogP contribution < -0.4 is 5.73 Å². The molecule has 1 saturated heterocycles. The van der Waals surface area contributed by atoms with Gasteiger partial charge in [-0.25, -0.2) is 0 Å². The van der Waals surface area contributed by atoms with Gasteiger partial charge < -0.3 is 5.73 Å². The first-order chi connectivity index (χ1) is 8.72. The number of benzene rings is 1. The van der Waals surface area contributed by atoms with Gasteiger partial charge in [0.2, 0.25) is 0 Å². The molecule has 0 radical (unpaired) electrons. The first-order valence-electron chi connectivity index (χ1n) is 7.27. The van der Waals surface area contributed by atoms with E-state index in [0.717, 1.165) is 12.3 Å². The molecule has 3 atom stereocenters. The minimum atomic E-state index is 0.140. The molecule has 1 fully saturated rings. The Morgan fingerprint density at radius 3 is 2.67 bits per heavy atom. The molecule has 1 heterocycles. The molecule has 2 nitrogen and oxygen atoms in total. The van der Waals surface area contributed by atoms with Gasteiger partial charge in [-0.15, -0.1) is 0 Å². The van der Waals surface area contributed by atoms with Crippen LogP contribution in [0.15, 0.2) is 30.3 Å². The largest absolute Gasteiger partial charge is 0.323 e. The smallest absolute Gasteiger partial charge is 0.0453 e. The number of hydrogen-bond acceptors (Lipinski definition) is 2. The van der Waals surface area contributed by atoms with Gasteiger partial charge in [-0.2, -0.15) is 0 Å². The summed E-state index contributed by atoms with van der Waals surface area (Å²) in [4.78, 5) is 2.60. The third-order valence-electron chi connectivity index (χ3n) is 4.17. The van der Waals surface area contributed by atoms with Crippen LogP contribution in [-0.4, -0.2) is 24.0 Å². The summed E-state index contributed by atoms with van der Waals surface area (Å²) in [6.45, 7) is 7.03. The van der Waals surface area contributed by atoms with Gasteiger partial charge in [-0.1, -0.05) is 44.2 Å². The molecule has 0 amide bonds. The van der Waals surface area contributed by atoms with E-state index in [-0.39, 0.29) is 6.04 Å². The number of likely N-dealkylation sites (tertiary alicyclic amines) is 1. The highest BCUT2D eigenvalue weighted by molar-refractivity contribution is 5.20. The van der Waals surface area contributed by atoms with Gasteiger partial charge in [0.05, 0.1) is 0 Å². The van der Waals surface area contributed by atoms with Crippen LogP contribution in [0.1, 0.15) is 44.7 Å². The second-order valence-corrected chi connectivity index (χ2v) is 5.65. The predicted octanol–water partition coefficient (Wildman–Crippen LogP) is 3.20. The van der Waals surface area contributed by atoms with E-state index in [1.807, 2.05) is 0 Å². The third-order valence-corrected chi connectivity index (χ3v) is 4.17. The van der Waals surface area contributed by atoms with Crippen molar-refractivity contribution >= 4 is 0 Å². The molecule has 2 N–H and O–H groups in total. The summed E-state index contributed by atoms with van der Waals surface area (Å²) < 4.78 is 0. The van der Waals surface area contributed by atoms with Gasteiger partial charge in [0.1, 0.15) is 0 Å². The summed E-state index contributed by atoms with van der Waals surface area (Å²) in [7, 11) is 0. The van der Waals surface area contributed by atoms with Crippen LogP contribution in [0.4, 0.5) is 0 Å². The summed E-state index contributed by atoms with van der Waals surface area (Å²) in [6.07, 6.45) is 3.81. The zero-order valence-corrected chi connectivity index (χ0v) is 11.7. The molecule has 0 bridgehead atoms. The van der Waals surface area contributed by atoms with Gasteiger partial charge in [-0.3, -0.25) is 4.90 Å². The lowest BCUT2D eigenvalue weighted by atomic mass is 9.92. The fourth-order valence-corrected chi connectivity index (χ4v) is 3.16. The Hall–Kier alpha value is -0.860. The molecule has 2 rings (SSSR count). The van der Waals surface area contributed by atoms with E-state index in [0.29, 0.717) is 6.04 Å². The van der Waals surface area contributed by atoms with Crippen molar-refractivity contribution in [1.82, 2.24) is 4.90 Å². The maximum Gasteiger partial charge on any atom is 0.0453 e. The molecule has 1 aliphatic rings. The second-order valence-electron chi connectivity index (χ2n) is 5.65. The Morgan fingerprint density at radius 1 is 1.33 bits per heavy atom. The van der Waals surface area contributed by atoms with Gasteiger partial charge in [0.25, 0.3) is 0 Å². The lowest BCUT2D eigenvalue weighted by Crippen LogP contribution is -2.47. The quantitative estimate of drug-likeness (QED) is 0.884. The maximum absolute atomic E-state index is 6.48. The summed E-state index contributed by atoms with van der Waals surface area (Å²) in [5.41, 5.74) is 7.75. The molecule has 1 aliphatic heterocycles. The first-order valence-corrected chi connectivity index (χ1v) is 7.27. The van der Waals surface area contributed by atoms with E-state index in [1.54, 1.807) is 0 Å². The highest BCUT2D eigenvalue weighted by atomic mass is 15.2. The summed E-state index contributed by atoms with van der Waals surface area (Å²) >= 11 is 0. The lowest BCUT2D eigenvalue weighted by molar-refractivity contribution is 0.109. The fraction of sp³-hybridized carbons (Fsp3) is 0.625. The number of nitrogens with two attached hydrogens (primary N) is 1. The van der Waals surface area contributed by atoms with Crippen molar-refractivity contribution < 1.29 is 0 Å². The molecule has 0 aromatic heterocycles. The van der Waals surface area contributed by atoms with Gasteiger partial charge in [0.15, 0.2) is 0 Å². The van der Waals surface area contributed by atoms with Crippen molar-refractivity contribution in [2.45, 2.75) is 45.2 Å². The lowest BCUT2D eigenvalue weighted by Gasteiger charge is -2.39. The van der Waals surface area contributed by atoms with Crippen molar-refractivity contribution in [3.8, 4) is 0 Å². The summed E-state index contributed by atoms with van der Waals surface area (Å²) in [5.74, 6) is 0.816. The SMILES string of the molecule is CCC(C(N)c1ccccc1)N1CCCC(C)C1. The van der Waals surface area contributed by atoms with E-state index in [4.69, 9.17) is 5.73 Å². The molecular formula is C16H26N2. The molecule has 1 aromatic rings. The predicted molar refractivity (Wildman–Crippen MR) is 77.4 cm³/mol. The van der Waals surface area contributed by atoms with Gasteiger partial charge in [-0.05, 0) is 37.3 Å². The van der Waals surface area contributed by atoms with Crippen molar-refractivity contribution in [1.29, 1.82) is 0 Å². The second kappa shape index (κ2) is 6.35. The Morgan fingerprint density at radius 2 is 2.06 bits per heavy atom. The van der Waals surface area contributed by atoms with Crippen LogP contribution in [0.2, 0.25) is 0 Å². The highest BCUT2D eigenvalue weighted by Crippen LogP contribution is 2.26. The van der Waals surface area contributed by atoms with Crippen molar-refractivity contribution in [3.05, 3.63) is 35.9 Å². The maximum atomic E-state index is 6.48. The first kappa shape index (κ1) is 13.6. The molecule has 0 saturated carbocycles. The average molecular weight is 246 g/mol. The topological polar surface area (TPSA) is 29.3 Å². The Labute approximate surface area is 111 Å². The molecule has 18 heavy (non-hydrogen) atoms. The van der Waals surface area contributed by atoms with Crippen LogP contribution in [0.25, 0.3) is 0 Å². The van der Waals surface area contributed by atoms with E-state index in [9.17, 15) is 0 Å². The van der Waals surface area contributed by atoms with E-state index < -0.39 is 0 Å². The van der Waals surface area contributed by atoms with Crippen molar-refractivity contribution in [2.75, 3.05) is 13.1 Å². The number of hydrogen-bond donors (Lipinski definition) is 1. The standard InChI is InChI=1S/C16H26N2/c1-3-15(18-11-7-8-13(2)12-18)16(17)14-9-5-4-6-10-14/h4-6,9-10,13,15-16H,3,7-8,11-12,17H2,1-2H3. The monoisotopic (exact) mass is 246 g/mol. The van der Waals surface area contributed by atoms with Crippen molar-refractivity contribution in [2.24, 2.45) is 11.7 Å². The van der Waals surface area contributed by atoms with Gasteiger partial charge in [0, 0.05) is 18.6 Å². The Bertz CT molecular complexity index is 349. The summed E-state index contributed by atoms with van der Waals surface area (Å²) in [6, 6.07) is 11.2. The van der Waals surface area contributed by atoms with Crippen LogP contribution in [0.3, 0.4) is 0 Å². The van der Waals surface area contributed by atoms with Crippen LogP contribution in [0.5, 0.6) is 0 Å². The molecular weight excluding hydrogens is 220 g/mol. The molecule has 2 heteroatoms. The van der Waals surface area contributed by atoms with Crippen LogP contribution in [-0.2, 0) is 0 Å². The third kappa shape index (κ3) is 3.12. The highest BCUT2D eigenvalue weighted by Gasteiger charge is 2.27. The average Bonchev–Trinajstić information content (AvgIpc) is 2.40. The number of piperidine rings is 1. The number of rotatable bonds is 4. The normalized spacial score (nSPS) is 24.7. The van der Waals surface area contributed by atoms with E-state index >= 15 is 0 Å². The minimum Gasteiger partial charge on any atom is -0.323 e. The molecule has 0 aliphatic carbocycles. The zero-order valence-electron chi connectivity index (χ0n) is 11.7. The molecule has 100 valence electrons. The van der Waals surface area contributed by atoms with E-state index in [1.165, 1.54) is 31.5 Å². The minimum absolute atomic E-state index is 0.140. The fourth-order valence-electron chi connectivity index (χ4n) is 3.16.